The third kappa shape index (κ3) is 4.12. The lowest BCUT2D eigenvalue weighted by Gasteiger charge is -2.14. The van der Waals surface area contributed by atoms with Crippen molar-refractivity contribution in [3.8, 4) is 11.5 Å². The van der Waals surface area contributed by atoms with Crippen LogP contribution in [-0.4, -0.2) is 14.2 Å². The molecular formula is C14H21ClO2. The highest BCUT2D eigenvalue weighted by Crippen LogP contribution is 2.34. The zero-order chi connectivity index (χ0) is 12.8. The van der Waals surface area contributed by atoms with Crippen LogP contribution in [0.2, 0.25) is 0 Å². The molecule has 0 radical (unpaired) electrons. The molecule has 0 aromatic heterocycles. The molecule has 2 nitrogen and oxygen atoms in total. The molecule has 1 aromatic rings. The van der Waals surface area contributed by atoms with E-state index in [0.29, 0.717) is 5.92 Å². The molecule has 0 aliphatic rings. The van der Waals surface area contributed by atoms with Crippen molar-refractivity contribution >= 4 is 11.6 Å². The fourth-order valence-corrected chi connectivity index (χ4v) is 1.96. The minimum atomic E-state index is 0.0391. The summed E-state index contributed by atoms with van der Waals surface area (Å²) in [5, 5.41) is 0.0391. The predicted molar refractivity (Wildman–Crippen MR) is 72.2 cm³/mol. The van der Waals surface area contributed by atoms with E-state index in [-0.39, 0.29) is 5.38 Å². The molecule has 0 aliphatic heterocycles. The average Bonchev–Trinajstić information content (AvgIpc) is 2.34. The lowest BCUT2D eigenvalue weighted by atomic mass is 10.0. The van der Waals surface area contributed by atoms with Crippen molar-refractivity contribution in [2.24, 2.45) is 5.92 Å². The SMILES string of the molecule is COc1ccc(C(Cl)CCC(C)C)cc1OC. The minimum Gasteiger partial charge on any atom is -0.493 e. The number of rotatable bonds is 6. The quantitative estimate of drug-likeness (QED) is 0.702. The van der Waals surface area contributed by atoms with Crippen LogP contribution in [0.15, 0.2) is 18.2 Å². The number of ether oxygens (including phenoxy) is 2. The van der Waals surface area contributed by atoms with Crippen LogP contribution in [-0.2, 0) is 0 Å². The highest BCUT2D eigenvalue weighted by Gasteiger charge is 2.12. The predicted octanol–water partition coefficient (Wildman–Crippen LogP) is 4.42. The van der Waals surface area contributed by atoms with Crippen LogP contribution in [0.1, 0.15) is 37.6 Å². The van der Waals surface area contributed by atoms with Crippen LogP contribution in [0.4, 0.5) is 0 Å². The number of hydrogen-bond acceptors (Lipinski definition) is 2. The molecule has 0 spiro atoms. The van der Waals surface area contributed by atoms with Gasteiger partial charge in [-0.3, -0.25) is 0 Å². The summed E-state index contributed by atoms with van der Waals surface area (Å²) in [5.74, 6) is 2.15. The lowest BCUT2D eigenvalue weighted by molar-refractivity contribution is 0.354. The summed E-state index contributed by atoms with van der Waals surface area (Å²) >= 11 is 6.38. The van der Waals surface area contributed by atoms with Gasteiger partial charge in [-0.05, 0) is 36.5 Å². The number of halogens is 1. The van der Waals surface area contributed by atoms with E-state index >= 15 is 0 Å². The van der Waals surface area contributed by atoms with E-state index in [2.05, 4.69) is 13.8 Å². The standard InChI is InChI=1S/C14H21ClO2/c1-10(2)5-7-12(15)11-6-8-13(16-3)14(9-11)17-4/h6,8-10,12H,5,7H2,1-4H3. The van der Waals surface area contributed by atoms with Crippen LogP contribution in [0.25, 0.3) is 0 Å². The Balaban J connectivity index is 2.77. The van der Waals surface area contributed by atoms with E-state index < -0.39 is 0 Å². The van der Waals surface area contributed by atoms with Gasteiger partial charge in [-0.25, -0.2) is 0 Å². The van der Waals surface area contributed by atoms with E-state index in [1.54, 1.807) is 14.2 Å². The van der Waals surface area contributed by atoms with Gasteiger partial charge in [0.1, 0.15) is 0 Å². The van der Waals surface area contributed by atoms with Crippen LogP contribution < -0.4 is 9.47 Å². The van der Waals surface area contributed by atoms with Crippen LogP contribution in [0, 0.1) is 5.92 Å². The van der Waals surface area contributed by atoms with Crippen molar-refractivity contribution in [2.75, 3.05) is 14.2 Å². The largest absolute Gasteiger partial charge is 0.493 e. The molecule has 0 bridgehead atoms. The Morgan fingerprint density at radius 2 is 1.71 bits per heavy atom. The Hall–Kier alpha value is -0.890. The Bertz CT molecular complexity index is 350. The van der Waals surface area contributed by atoms with Gasteiger partial charge in [-0.1, -0.05) is 19.9 Å². The fourth-order valence-electron chi connectivity index (χ4n) is 1.69. The van der Waals surface area contributed by atoms with Crippen molar-refractivity contribution in [1.82, 2.24) is 0 Å². The summed E-state index contributed by atoms with van der Waals surface area (Å²) < 4.78 is 10.5. The van der Waals surface area contributed by atoms with Crippen molar-refractivity contribution < 1.29 is 9.47 Å². The van der Waals surface area contributed by atoms with Gasteiger partial charge in [-0.15, -0.1) is 11.6 Å². The molecule has 0 amide bonds. The summed E-state index contributed by atoms with van der Waals surface area (Å²) in [6.07, 6.45) is 2.11. The smallest absolute Gasteiger partial charge is 0.161 e. The van der Waals surface area contributed by atoms with Gasteiger partial charge in [0.15, 0.2) is 11.5 Å². The highest BCUT2D eigenvalue weighted by atomic mass is 35.5. The molecule has 96 valence electrons. The van der Waals surface area contributed by atoms with Gasteiger partial charge in [-0.2, -0.15) is 0 Å². The van der Waals surface area contributed by atoms with E-state index in [0.717, 1.165) is 29.9 Å². The van der Waals surface area contributed by atoms with Crippen molar-refractivity contribution in [3.05, 3.63) is 23.8 Å². The second kappa shape index (κ2) is 6.75. The van der Waals surface area contributed by atoms with E-state index in [1.165, 1.54) is 0 Å². The second-order valence-electron chi connectivity index (χ2n) is 4.55. The molecule has 0 aliphatic carbocycles. The number of methoxy groups -OCH3 is 2. The number of alkyl halides is 1. The first kappa shape index (κ1) is 14.2. The maximum absolute atomic E-state index is 6.38. The Morgan fingerprint density at radius 3 is 2.24 bits per heavy atom. The zero-order valence-corrected chi connectivity index (χ0v) is 11.8. The molecule has 1 unspecified atom stereocenters. The van der Waals surface area contributed by atoms with E-state index in [9.17, 15) is 0 Å². The van der Waals surface area contributed by atoms with Gasteiger partial charge >= 0.3 is 0 Å². The molecule has 0 saturated heterocycles. The average molecular weight is 257 g/mol. The molecule has 1 rings (SSSR count). The zero-order valence-electron chi connectivity index (χ0n) is 11.0. The highest BCUT2D eigenvalue weighted by molar-refractivity contribution is 6.20. The van der Waals surface area contributed by atoms with Crippen LogP contribution >= 0.6 is 11.6 Å². The second-order valence-corrected chi connectivity index (χ2v) is 5.08. The van der Waals surface area contributed by atoms with Crippen LogP contribution in [0.5, 0.6) is 11.5 Å². The maximum atomic E-state index is 6.38. The number of benzene rings is 1. The van der Waals surface area contributed by atoms with Gasteiger partial charge < -0.3 is 9.47 Å². The monoisotopic (exact) mass is 256 g/mol. The molecule has 1 aromatic carbocycles. The molecule has 3 heteroatoms. The topological polar surface area (TPSA) is 18.5 Å². The molecule has 1 atom stereocenters. The Labute approximate surface area is 109 Å². The normalized spacial score (nSPS) is 12.6. The summed E-state index contributed by atoms with van der Waals surface area (Å²) in [6, 6.07) is 5.86. The van der Waals surface area contributed by atoms with Gasteiger partial charge in [0, 0.05) is 0 Å². The molecule has 17 heavy (non-hydrogen) atoms. The van der Waals surface area contributed by atoms with Crippen LogP contribution in [0.3, 0.4) is 0 Å². The lowest BCUT2D eigenvalue weighted by Crippen LogP contribution is -1.97. The van der Waals surface area contributed by atoms with Gasteiger partial charge in [0.25, 0.3) is 0 Å². The van der Waals surface area contributed by atoms with E-state index in [1.807, 2.05) is 18.2 Å². The van der Waals surface area contributed by atoms with Gasteiger partial charge in [0.2, 0.25) is 0 Å². The number of hydrogen-bond donors (Lipinski definition) is 0. The Morgan fingerprint density at radius 1 is 1.06 bits per heavy atom. The molecule has 0 N–H and O–H groups in total. The summed E-state index contributed by atoms with van der Waals surface area (Å²) in [6.45, 7) is 4.41. The first-order valence-corrected chi connectivity index (χ1v) is 6.38. The Kier molecular flexibility index (Phi) is 5.63. The van der Waals surface area contributed by atoms with E-state index in [4.69, 9.17) is 21.1 Å². The van der Waals surface area contributed by atoms with Crippen molar-refractivity contribution in [2.45, 2.75) is 32.1 Å². The molecule has 0 fully saturated rings. The fraction of sp³-hybridized carbons (Fsp3) is 0.571. The summed E-state index contributed by atoms with van der Waals surface area (Å²) in [4.78, 5) is 0. The molecule has 0 saturated carbocycles. The summed E-state index contributed by atoms with van der Waals surface area (Å²) in [7, 11) is 3.27. The third-order valence-electron chi connectivity index (χ3n) is 2.77. The first-order chi connectivity index (χ1) is 8.08. The third-order valence-corrected chi connectivity index (χ3v) is 3.24. The van der Waals surface area contributed by atoms with Crippen molar-refractivity contribution in [3.63, 3.8) is 0 Å². The molecular weight excluding hydrogens is 236 g/mol. The summed E-state index contributed by atoms with van der Waals surface area (Å²) in [5.41, 5.74) is 1.09. The maximum Gasteiger partial charge on any atom is 0.161 e. The van der Waals surface area contributed by atoms with Gasteiger partial charge in [0.05, 0.1) is 19.6 Å². The first-order valence-electron chi connectivity index (χ1n) is 5.94. The molecule has 0 heterocycles. The minimum absolute atomic E-state index is 0.0391. The van der Waals surface area contributed by atoms with Crippen molar-refractivity contribution in [1.29, 1.82) is 0 Å².